The minimum atomic E-state index is -0.290. The summed E-state index contributed by atoms with van der Waals surface area (Å²) in [4.78, 5) is 33.1. The molecule has 0 aromatic heterocycles. The van der Waals surface area contributed by atoms with Gasteiger partial charge in [-0.1, -0.05) is 0 Å². The quantitative estimate of drug-likeness (QED) is 0.524. The Hall–Kier alpha value is -1.59. The van der Waals surface area contributed by atoms with Crippen LogP contribution in [0.4, 0.5) is 0 Å². The van der Waals surface area contributed by atoms with Crippen molar-refractivity contribution in [2.75, 3.05) is 20.1 Å². The zero-order valence-corrected chi connectivity index (χ0v) is 8.63. The van der Waals surface area contributed by atoms with E-state index < -0.39 is 0 Å². The molecule has 1 atom stereocenters. The van der Waals surface area contributed by atoms with E-state index in [0.717, 1.165) is 0 Å². The second-order valence-corrected chi connectivity index (χ2v) is 3.42. The van der Waals surface area contributed by atoms with Gasteiger partial charge in [-0.2, -0.15) is 0 Å². The van der Waals surface area contributed by atoms with Crippen molar-refractivity contribution in [1.82, 2.24) is 16.0 Å². The molecular formula is C9H15N3O3. The standard InChI is InChI=1S/C9H15N3O3/c1-10-7(13)2-3-11-9(15)6-4-8(14)12-5-6/h6H,2-5H2,1H3,(H,10,13)(H,11,15)(H,12,14). The highest BCUT2D eigenvalue weighted by Crippen LogP contribution is 2.08. The van der Waals surface area contributed by atoms with Gasteiger partial charge < -0.3 is 16.0 Å². The van der Waals surface area contributed by atoms with Crippen molar-refractivity contribution < 1.29 is 14.4 Å². The van der Waals surface area contributed by atoms with Gasteiger partial charge in [0.25, 0.3) is 0 Å². The normalized spacial score (nSPS) is 19.5. The SMILES string of the molecule is CNC(=O)CCNC(=O)C1CNC(=O)C1. The van der Waals surface area contributed by atoms with Gasteiger partial charge in [0, 0.05) is 33.0 Å². The minimum Gasteiger partial charge on any atom is -0.359 e. The molecule has 0 bridgehead atoms. The molecule has 0 aliphatic carbocycles. The smallest absolute Gasteiger partial charge is 0.225 e. The second kappa shape index (κ2) is 5.33. The van der Waals surface area contributed by atoms with Crippen LogP contribution in [0.2, 0.25) is 0 Å². The Labute approximate surface area is 87.8 Å². The van der Waals surface area contributed by atoms with Gasteiger partial charge in [0.15, 0.2) is 0 Å². The lowest BCUT2D eigenvalue weighted by molar-refractivity contribution is -0.126. The van der Waals surface area contributed by atoms with E-state index in [-0.39, 0.29) is 36.5 Å². The van der Waals surface area contributed by atoms with Gasteiger partial charge in [-0.3, -0.25) is 14.4 Å². The molecule has 3 amide bonds. The number of hydrogen-bond acceptors (Lipinski definition) is 3. The van der Waals surface area contributed by atoms with E-state index in [0.29, 0.717) is 13.1 Å². The molecule has 0 saturated carbocycles. The molecule has 1 rings (SSSR count). The van der Waals surface area contributed by atoms with Crippen LogP contribution in [-0.2, 0) is 14.4 Å². The highest BCUT2D eigenvalue weighted by atomic mass is 16.2. The lowest BCUT2D eigenvalue weighted by atomic mass is 10.1. The van der Waals surface area contributed by atoms with Crippen LogP contribution in [0.25, 0.3) is 0 Å². The summed E-state index contributed by atoms with van der Waals surface area (Å²) in [5.41, 5.74) is 0. The van der Waals surface area contributed by atoms with Gasteiger partial charge in [0.05, 0.1) is 5.92 Å². The molecule has 0 spiro atoms. The Morgan fingerprint density at radius 1 is 1.53 bits per heavy atom. The van der Waals surface area contributed by atoms with Crippen LogP contribution in [0.3, 0.4) is 0 Å². The maximum absolute atomic E-state index is 11.4. The van der Waals surface area contributed by atoms with Crippen LogP contribution in [0.5, 0.6) is 0 Å². The van der Waals surface area contributed by atoms with Crippen LogP contribution < -0.4 is 16.0 Å². The van der Waals surface area contributed by atoms with E-state index in [1.165, 1.54) is 0 Å². The fourth-order valence-corrected chi connectivity index (χ4v) is 1.36. The van der Waals surface area contributed by atoms with Crippen molar-refractivity contribution in [3.05, 3.63) is 0 Å². The average Bonchev–Trinajstić information content (AvgIpc) is 2.64. The van der Waals surface area contributed by atoms with E-state index >= 15 is 0 Å². The minimum absolute atomic E-state index is 0.0959. The van der Waals surface area contributed by atoms with Crippen LogP contribution in [0.15, 0.2) is 0 Å². The average molecular weight is 213 g/mol. The molecule has 1 fully saturated rings. The molecule has 1 heterocycles. The maximum atomic E-state index is 11.4. The Kier molecular flexibility index (Phi) is 4.08. The molecule has 1 aliphatic heterocycles. The van der Waals surface area contributed by atoms with Crippen LogP contribution in [0, 0.1) is 5.92 Å². The van der Waals surface area contributed by atoms with Crippen molar-refractivity contribution in [3.63, 3.8) is 0 Å². The molecule has 6 heteroatoms. The first-order valence-corrected chi connectivity index (χ1v) is 4.88. The predicted octanol–water partition coefficient (Wildman–Crippen LogP) is -1.63. The highest BCUT2D eigenvalue weighted by Gasteiger charge is 2.27. The van der Waals surface area contributed by atoms with E-state index in [1.54, 1.807) is 7.05 Å². The lowest BCUT2D eigenvalue weighted by Crippen LogP contribution is -2.34. The number of carbonyl (C=O) groups excluding carboxylic acids is 3. The molecule has 1 unspecified atom stereocenters. The van der Waals surface area contributed by atoms with Crippen molar-refractivity contribution in [2.24, 2.45) is 5.92 Å². The zero-order chi connectivity index (χ0) is 11.3. The van der Waals surface area contributed by atoms with Gasteiger partial charge in [-0.25, -0.2) is 0 Å². The molecule has 3 N–H and O–H groups in total. The van der Waals surface area contributed by atoms with E-state index in [2.05, 4.69) is 16.0 Å². The predicted molar refractivity (Wildman–Crippen MR) is 52.8 cm³/mol. The summed E-state index contributed by atoms with van der Waals surface area (Å²) in [5.74, 6) is -0.670. The number of carbonyl (C=O) groups is 3. The Morgan fingerprint density at radius 2 is 2.27 bits per heavy atom. The molecule has 1 saturated heterocycles. The second-order valence-electron chi connectivity index (χ2n) is 3.42. The van der Waals surface area contributed by atoms with Crippen molar-refractivity contribution in [2.45, 2.75) is 12.8 Å². The van der Waals surface area contributed by atoms with Crippen molar-refractivity contribution in [1.29, 1.82) is 0 Å². The molecule has 0 aromatic carbocycles. The first-order chi connectivity index (χ1) is 7.13. The number of nitrogens with one attached hydrogen (secondary N) is 3. The van der Waals surface area contributed by atoms with Gasteiger partial charge in [0.2, 0.25) is 17.7 Å². The monoisotopic (exact) mass is 213 g/mol. The highest BCUT2D eigenvalue weighted by molar-refractivity contribution is 5.89. The number of rotatable bonds is 4. The van der Waals surface area contributed by atoms with Crippen molar-refractivity contribution >= 4 is 17.7 Å². The van der Waals surface area contributed by atoms with Gasteiger partial charge in [-0.15, -0.1) is 0 Å². The Balaban J connectivity index is 2.19. The van der Waals surface area contributed by atoms with E-state index in [9.17, 15) is 14.4 Å². The zero-order valence-electron chi connectivity index (χ0n) is 8.63. The summed E-state index contributed by atoms with van der Waals surface area (Å²) in [6, 6.07) is 0. The molecule has 6 nitrogen and oxygen atoms in total. The van der Waals surface area contributed by atoms with Crippen LogP contribution in [-0.4, -0.2) is 37.9 Å². The molecule has 84 valence electrons. The summed E-state index contributed by atoms with van der Waals surface area (Å²) in [6.07, 6.45) is 0.502. The first kappa shape index (κ1) is 11.5. The fraction of sp³-hybridized carbons (Fsp3) is 0.667. The van der Waals surface area contributed by atoms with Gasteiger partial charge in [0.1, 0.15) is 0 Å². The summed E-state index contributed by atoms with van der Waals surface area (Å²) in [7, 11) is 1.55. The molecular weight excluding hydrogens is 198 g/mol. The third-order valence-corrected chi connectivity index (χ3v) is 2.28. The third-order valence-electron chi connectivity index (χ3n) is 2.28. The number of amides is 3. The van der Waals surface area contributed by atoms with Crippen LogP contribution >= 0.6 is 0 Å². The van der Waals surface area contributed by atoms with Crippen molar-refractivity contribution in [3.8, 4) is 0 Å². The third kappa shape index (κ3) is 3.57. The molecule has 1 aliphatic rings. The van der Waals surface area contributed by atoms with E-state index in [1.807, 2.05) is 0 Å². The fourth-order valence-electron chi connectivity index (χ4n) is 1.36. The maximum Gasteiger partial charge on any atom is 0.225 e. The first-order valence-electron chi connectivity index (χ1n) is 4.88. The summed E-state index contributed by atoms with van der Waals surface area (Å²) < 4.78 is 0. The van der Waals surface area contributed by atoms with Crippen LogP contribution in [0.1, 0.15) is 12.8 Å². The number of hydrogen-bond donors (Lipinski definition) is 3. The molecule has 0 radical (unpaired) electrons. The lowest BCUT2D eigenvalue weighted by Gasteiger charge is -2.08. The summed E-state index contributed by atoms with van der Waals surface area (Å²) in [6.45, 7) is 0.702. The topological polar surface area (TPSA) is 87.3 Å². The largest absolute Gasteiger partial charge is 0.359 e. The molecule has 0 aromatic rings. The van der Waals surface area contributed by atoms with Gasteiger partial charge >= 0.3 is 0 Å². The van der Waals surface area contributed by atoms with Gasteiger partial charge in [-0.05, 0) is 0 Å². The Bertz CT molecular complexity index is 278. The molecule has 15 heavy (non-hydrogen) atoms. The Morgan fingerprint density at radius 3 is 2.80 bits per heavy atom. The summed E-state index contributed by atoms with van der Waals surface area (Å²) in [5, 5.41) is 7.66. The van der Waals surface area contributed by atoms with E-state index in [4.69, 9.17) is 0 Å². The summed E-state index contributed by atoms with van der Waals surface area (Å²) >= 11 is 0.